The number of hydrogen-bond acceptors (Lipinski definition) is 2. The normalized spacial score (nSPS) is 13.5. The summed E-state index contributed by atoms with van der Waals surface area (Å²) in [5.74, 6) is 0.211. The first-order valence-electron chi connectivity index (χ1n) is 7.09. The standard InChI is InChI=1S/C18H21NO/c1-3-17(14(2)20)18(15-10-6-4-7-11-15)19-16-12-8-5-9-13-16/h4-13,17-19H,3H2,1-2H3/t17-,18-/m0/s1. The Morgan fingerprint density at radius 3 is 2.05 bits per heavy atom. The Morgan fingerprint density at radius 2 is 1.55 bits per heavy atom. The predicted octanol–water partition coefficient (Wildman–Crippen LogP) is 4.46. The Balaban J connectivity index is 2.31. The van der Waals surface area contributed by atoms with Gasteiger partial charge in [0.05, 0.1) is 6.04 Å². The molecule has 0 saturated carbocycles. The van der Waals surface area contributed by atoms with E-state index in [-0.39, 0.29) is 17.7 Å². The lowest BCUT2D eigenvalue weighted by Crippen LogP contribution is -2.25. The van der Waals surface area contributed by atoms with Crippen LogP contribution < -0.4 is 5.32 Å². The van der Waals surface area contributed by atoms with Crippen LogP contribution in [0.1, 0.15) is 31.9 Å². The van der Waals surface area contributed by atoms with Crippen LogP contribution in [-0.2, 0) is 4.79 Å². The lowest BCUT2D eigenvalue weighted by Gasteiger charge is -2.27. The molecule has 2 aromatic rings. The van der Waals surface area contributed by atoms with Gasteiger partial charge in [-0.25, -0.2) is 0 Å². The molecule has 0 aliphatic rings. The maximum atomic E-state index is 11.9. The van der Waals surface area contributed by atoms with Crippen LogP contribution in [0.4, 0.5) is 5.69 Å². The van der Waals surface area contributed by atoms with E-state index in [9.17, 15) is 4.79 Å². The van der Waals surface area contributed by atoms with Gasteiger partial charge in [-0.1, -0.05) is 55.5 Å². The van der Waals surface area contributed by atoms with Crippen LogP contribution in [-0.4, -0.2) is 5.78 Å². The number of benzene rings is 2. The molecule has 0 heterocycles. The molecule has 0 spiro atoms. The van der Waals surface area contributed by atoms with E-state index >= 15 is 0 Å². The second-order valence-corrected chi connectivity index (χ2v) is 5.02. The smallest absolute Gasteiger partial charge is 0.135 e. The number of anilines is 1. The van der Waals surface area contributed by atoms with Crippen molar-refractivity contribution < 1.29 is 4.79 Å². The Bertz CT molecular complexity index is 536. The molecule has 0 amide bonds. The summed E-state index contributed by atoms with van der Waals surface area (Å²) in [6.07, 6.45) is 0.828. The molecule has 1 N–H and O–H groups in total. The zero-order valence-electron chi connectivity index (χ0n) is 12.0. The van der Waals surface area contributed by atoms with Crippen LogP contribution in [0.2, 0.25) is 0 Å². The number of rotatable bonds is 6. The first kappa shape index (κ1) is 14.3. The van der Waals surface area contributed by atoms with Crippen molar-refractivity contribution in [2.75, 3.05) is 5.32 Å². The van der Waals surface area contributed by atoms with E-state index in [4.69, 9.17) is 0 Å². The first-order valence-corrected chi connectivity index (χ1v) is 7.09. The zero-order chi connectivity index (χ0) is 14.4. The van der Waals surface area contributed by atoms with E-state index in [0.717, 1.165) is 17.7 Å². The van der Waals surface area contributed by atoms with E-state index < -0.39 is 0 Å². The summed E-state index contributed by atoms with van der Waals surface area (Å²) < 4.78 is 0. The molecule has 0 bridgehead atoms. The molecule has 20 heavy (non-hydrogen) atoms. The van der Waals surface area contributed by atoms with Gasteiger partial charge in [0.25, 0.3) is 0 Å². The molecule has 0 saturated heterocycles. The molecule has 2 aromatic carbocycles. The average molecular weight is 267 g/mol. The van der Waals surface area contributed by atoms with Crippen molar-refractivity contribution >= 4 is 11.5 Å². The van der Waals surface area contributed by atoms with E-state index in [0.29, 0.717) is 0 Å². The summed E-state index contributed by atoms with van der Waals surface area (Å²) in [5.41, 5.74) is 2.19. The first-order chi connectivity index (χ1) is 9.72. The molecule has 0 fully saturated rings. The predicted molar refractivity (Wildman–Crippen MR) is 83.7 cm³/mol. The van der Waals surface area contributed by atoms with Crippen molar-refractivity contribution in [2.45, 2.75) is 26.3 Å². The molecule has 2 atom stereocenters. The lowest BCUT2D eigenvalue weighted by atomic mass is 9.88. The second-order valence-electron chi connectivity index (χ2n) is 5.02. The molecule has 0 aliphatic carbocycles. The van der Waals surface area contributed by atoms with Crippen LogP contribution in [0.25, 0.3) is 0 Å². The third kappa shape index (κ3) is 3.47. The zero-order valence-corrected chi connectivity index (χ0v) is 12.0. The highest BCUT2D eigenvalue weighted by Crippen LogP contribution is 2.29. The fourth-order valence-corrected chi connectivity index (χ4v) is 2.55. The minimum Gasteiger partial charge on any atom is -0.378 e. The van der Waals surface area contributed by atoms with Crippen molar-refractivity contribution in [3.63, 3.8) is 0 Å². The third-order valence-corrected chi connectivity index (χ3v) is 3.62. The van der Waals surface area contributed by atoms with Gasteiger partial charge in [0.1, 0.15) is 5.78 Å². The third-order valence-electron chi connectivity index (χ3n) is 3.62. The Morgan fingerprint density at radius 1 is 1.00 bits per heavy atom. The van der Waals surface area contributed by atoms with Gasteiger partial charge >= 0.3 is 0 Å². The summed E-state index contributed by atoms with van der Waals surface area (Å²) in [6.45, 7) is 3.74. The number of Topliss-reactive ketones (excluding diaryl/α,β-unsaturated/α-hetero) is 1. The van der Waals surface area contributed by atoms with E-state index in [1.165, 1.54) is 0 Å². The highest BCUT2D eigenvalue weighted by molar-refractivity contribution is 5.79. The summed E-state index contributed by atoms with van der Waals surface area (Å²) in [6, 6.07) is 20.2. The minimum absolute atomic E-state index is 0.0149. The molecule has 2 nitrogen and oxygen atoms in total. The summed E-state index contributed by atoms with van der Waals surface area (Å²) in [4.78, 5) is 11.9. The number of ketones is 1. The summed E-state index contributed by atoms with van der Waals surface area (Å²) in [7, 11) is 0. The molecular formula is C18H21NO. The molecular weight excluding hydrogens is 246 g/mol. The molecule has 2 heteroatoms. The highest BCUT2D eigenvalue weighted by atomic mass is 16.1. The Labute approximate surface area is 120 Å². The number of para-hydroxylation sites is 1. The fourth-order valence-electron chi connectivity index (χ4n) is 2.55. The molecule has 0 aromatic heterocycles. The maximum Gasteiger partial charge on any atom is 0.135 e. The van der Waals surface area contributed by atoms with Crippen molar-refractivity contribution in [3.8, 4) is 0 Å². The van der Waals surface area contributed by atoms with Gasteiger partial charge in [-0.05, 0) is 31.0 Å². The van der Waals surface area contributed by atoms with Gasteiger partial charge in [0, 0.05) is 11.6 Å². The topological polar surface area (TPSA) is 29.1 Å². The second kappa shape index (κ2) is 6.90. The molecule has 2 rings (SSSR count). The van der Waals surface area contributed by atoms with Gasteiger partial charge in [-0.3, -0.25) is 4.79 Å². The largest absolute Gasteiger partial charge is 0.378 e. The average Bonchev–Trinajstić information content (AvgIpc) is 2.48. The fraction of sp³-hybridized carbons (Fsp3) is 0.278. The van der Waals surface area contributed by atoms with E-state index in [1.54, 1.807) is 6.92 Å². The van der Waals surface area contributed by atoms with E-state index in [1.807, 2.05) is 48.5 Å². The van der Waals surface area contributed by atoms with Crippen LogP contribution in [0.15, 0.2) is 60.7 Å². The van der Waals surface area contributed by atoms with Crippen LogP contribution in [0.5, 0.6) is 0 Å². The number of hydrogen-bond donors (Lipinski definition) is 1. The van der Waals surface area contributed by atoms with Gasteiger partial charge < -0.3 is 5.32 Å². The monoisotopic (exact) mass is 267 g/mol. The van der Waals surface area contributed by atoms with Crippen LogP contribution in [0.3, 0.4) is 0 Å². The highest BCUT2D eigenvalue weighted by Gasteiger charge is 2.25. The van der Waals surface area contributed by atoms with Gasteiger partial charge in [-0.15, -0.1) is 0 Å². The maximum absolute atomic E-state index is 11.9. The number of carbonyl (C=O) groups excluding carboxylic acids is 1. The molecule has 0 radical (unpaired) electrons. The Kier molecular flexibility index (Phi) is 4.94. The van der Waals surface area contributed by atoms with Gasteiger partial charge in [0.2, 0.25) is 0 Å². The van der Waals surface area contributed by atoms with Crippen molar-refractivity contribution in [1.82, 2.24) is 0 Å². The van der Waals surface area contributed by atoms with Crippen LogP contribution in [0, 0.1) is 5.92 Å². The minimum atomic E-state index is -0.0161. The summed E-state index contributed by atoms with van der Waals surface area (Å²) in [5, 5.41) is 3.51. The molecule has 0 aliphatic heterocycles. The SMILES string of the molecule is CC[C@@H](C(C)=O)[C@@H](Nc1ccccc1)c1ccccc1. The van der Waals surface area contributed by atoms with Gasteiger partial charge in [-0.2, -0.15) is 0 Å². The van der Waals surface area contributed by atoms with Crippen molar-refractivity contribution in [1.29, 1.82) is 0 Å². The van der Waals surface area contributed by atoms with Gasteiger partial charge in [0.15, 0.2) is 0 Å². The van der Waals surface area contributed by atoms with Crippen molar-refractivity contribution in [3.05, 3.63) is 66.2 Å². The number of carbonyl (C=O) groups is 1. The van der Waals surface area contributed by atoms with E-state index in [2.05, 4.69) is 24.4 Å². The molecule has 104 valence electrons. The summed E-state index contributed by atoms with van der Waals surface area (Å²) >= 11 is 0. The van der Waals surface area contributed by atoms with Crippen LogP contribution >= 0.6 is 0 Å². The quantitative estimate of drug-likeness (QED) is 0.837. The lowest BCUT2D eigenvalue weighted by molar-refractivity contribution is -0.121. The van der Waals surface area contributed by atoms with Crippen molar-refractivity contribution in [2.24, 2.45) is 5.92 Å². The Hall–Kier alpha value is -2.09. The number of nitrogens with one attached hydrogen (secondary N) is 1. The molecule has 0 unspecified atom stereocenters.